The topological polar surface area (TPSA) is 49.4 Å². The molecule has 100 valence electrons. The number of nitrogens with zero attached hydrogens (tertiary/aromatic N) is 1. The van der Waals surface area contributed by atoms with Crippen LogP contribution in [0.3, 0.4) is 0 Å². The van der Waals surface area contributed by atoms with Gasteiger partial charge in [-0.05, 0) is 18.1 Å². The minimum atomic E-state index is -0.193. The Bertz CT molecular complexity index is 515. The summed E-state index contributed by atoms with van der Waals surface area (Å²) in [5, 5.41) is 2.81. The molecule has 4 nitrogen and oxygen atoms in total. The molecule has 1 aliphatic rings. The normalized spacial score (nSPS) is 14.9. The first-order chi connectivity index (χ1) is 9.08. The van der Waals surface area contributed by atoms with Crippen LogP contribution in [0.5, 0.6) is 0 Å². The number of benzene rings is 1. The summed E-state index contributed by atoms with van der Waals surface area (Å²) < 4.78 is 0.482. The lowest BCUT2D eigenvalue weighted by Crippen LogP contribution is -2.39. The number of thioether (sulfide) groups is 1. The highest BCUT2D eigenvalue weighted by molar-refractivity contribution is 8.23. The molecular formula is C13H14N2O2S2. The maximum Gasteiger partial charge on any atom is 0.240 e. The van der Waals surface area contributed by atoms with Crippen molar-refractivity contribution in [2.24, 2.45) is 0 Å². The summed E-state index contributed by atoms with van der Waals surface area (Å²) in [6.07, 6.45) is 0. The molecular weight excluding hydrogens is 280 g/mol. The Morgan fingerprint density at radius 1 is 1.47 bits per heavy atom. The third kappa shape index (κ3) is 3.54. The molecule has 1 aliphatic heterocycles. The van der Waals surface area contributed by atoms with E-state index in [1.807, 2.05) is 31.2 Å². The van der Waals surface area contributed by atoms with Gasteiger partial charge in [-0.2, -0.15) is 0 Å². The number of carbonyl (C=O) groups excluding carboxylic acids is 2. The molecule has 0 radical (unpaired) electrons. The minimum Gasteiger partial charge on any atom is -0.350 e. The van der Waals surface area contributed by atoms with Crippen LogP contribution in [-0.2, 0) is 16.1 Å². The van der Waals surface area contributed by atoms with E-state index < -0.39 is 0 Å². The lowest BCUT2D eigenvalue weighted by Gasteiger charge is -2.14. The van der Waals surface area contributed by atoms with E-state index in [0.29, 0.717) is 16.6 Å². The summed E-state index contributed by atoms with van der Waals surface area (Å²) in [6, 6.07) is 7.86. The fourth-order valence-electron chi connectivity index (χ4n) is 1.74. The van der Waals surface area contributed by atoms with E-state index in [9.17, 15) is 9.59 Å². The van der Waals surface area contributed by atoms with Crippen LogP contribution < -0.4 is 5.32 Å². The molecule has 0 atom stereocenters. The van der Waals surface area contributed by atoms with E-state index in [0.717, 1.165) is 11.1 Å². The first-order valence-electron chi connectivity index (χ1n) is 5.86. The molecule has 0 spiro atoms. The predicted octanol–water partition coefficient (Wildman–Crippen LogP) is 1.47. The van der Waals surface area contributed by atoms with Crippen LogP contribution >= 0.6 is 24.0 Å². The fourth-order valence-corrected chi connectivity index (χ4v) is 2.80. The molecule has 0 aliphatic carbocycles. The van der Waals surface area contributed by atoms with Crippen molar-refractivity contribution >= 4 is 40.1 Å². The summed E-state index contributed by atoms with van der Waals surface area (Å²) in [5.41, 5.74) is 2.20. The molecule has 0 aromatic heterocycles. The first kappa shape index (κ1) is 14.0. The Labute approximate surface area is 121 Å². The second-order valence-electron chi connectivity index (χ2n) is 4.24. The molecule has 2 amide bonds. The predicted molar refractivity (Wildman–Crippen MR) is 79.8 cm³/mol. The summed E-state index contributed by atoms with van der Waals surface area (Å²) in [6.45, 7) is 2.47. The Morgan fingerprint density at radius 3 is 2.84 bits per heavy atom. The molecule has 19 heavy (non-hydrogen) atoms. The van der Waals surface area contributed by atoms with E-state index in [4.69, 9.17) is 12.2 Å². The van der Waals surface area contributed by atoms with Crippen molar-refractivity contribution in [3.05, 3.63) is 35.4 Å². The van der Waals surface area contributed by atoms with Gasteiger partial charge in [-0.3, -0.25) is 14.5 Å². The molecule has 0 saturated carbocycles. The number of aryl methyl sites for hydroxylation is 1. The SMILES string of the molecule is Cc1ccccc1CNC(=O)CN1C(=O)CSC1=S. The fraction of sp³-hybridized carbons (Fsp3) is 0.308. The van der Waals surface area contributed by atoms with Crippen LogP contribution in [0.4, 0.5) is 0 Å². The molecule has 1 N–H and O–H groups in total. The van der Waals surface area contributed by atoms with Gasteiger partial charge < -0.3 is 5.32 Å². The Balaban J connectivity index is 1.87. The molecule has 1 aromatic rings. The van der Waals surface area contributed by atoms with Gasteiger partial charge in [0.05, 0.1) is 5.75 Å². The van der Waals surface area contributed by atoms with Crippen molar-refractivity contribution in [3.8, 4) is 0 Å². The van der Waals surface area contributed by atoms with Gasteiger partial charge in [-0.1, -0.05) is 48.2 Å². The van der Waals surface area contributed by atoms with Crippen LogP contribution in [-0.4, -0.2) is 33.3 Å². The highest BCUT2D eigenvalue weighted by Crippen LogP contribution is 2.18. The van der Waals surface area contributed by atoms with Gasteiger partial charge >= 0.3 is 0 Å². The Kier molecular flexibility index (Phi) is 4.55. The summed E-state index contributed by atoms with van der Waals surface area (Å²) >= 11 is 6.32. The molecule has 1 saturated heterocycles. The van der Waals surface area contributed by atoms with Crippen molar-refractivity contribution < 1.29 is 9.59 Å². The quantitative estimate of drug-likeness (QED) is 0.855. The summed E-state index contributed by atoms with van der Waals surface area (Å²) in [5.74, 6) is 0.0479. The lowest BCUT2D eigenvalue weighted by atomic mass is 10.1. The molecule has 0 unspecified atom stereocenters. The Hall–Kier alpha value is -1.40. The van der Waals surface area contributed by atoms with Crippen molar-refractivity contribution in [2.75, 3.05) is 12.3 Å². The van der Waals surface area contributed by atoms with Gasteiger partial charge in [-0.15, -0.1) is 0 Å². The average Bonchev–Trinajstić information content (AvgIpc) is 2.70. The van der Waals surface area contributed by atoms with Crippen molar-refractivity contribution in [2.45, 2.75) is 13.5 Å². The Morgan fingerprint density at radius 2 is 2.21 bits per heavy atom. The summed E-state index contributed by atoms with van der Waals surface area (Å²) in [4.78, 5) is 24.6. The minimum absolute atomic E-state index is 0.0105. The number of rotatable bonds is 4. The number of nitrogens with one attached hydrogen (secondary N) is 1. The monoisotopic (exact) mass is 294 g/mol. The van der Waals surface area contributed by atoms with Crippen LogP contribution in [0, 0.1) is 6.92 Å². The van der Waals surface area contributed by atoms with Crippen molar-refractivity contribution in [1.29, 1.82) is 0 Å². The maximum atomic E-state index is 11.8. The summed E-state index contributed by atoms with van der Waals surface area (Å²) in [7, 11) is 0. The molecule has 1 fully saturated rings. The number of hydrogen-bond donors (Lipinski definition) is 1. The second-order valence-corrected chi connectivity index (χ2v) is 5.85. The highest BCUT2D eigenvalue weighted by Gasteiger charge is 2.28. The standard InChI is InChI=1S/C13H14N2O2S2/c1-9-4-2-3-5-10(9)6-14-11(16)7-15-12(17)8-19-13(15)18/h2-5H,6-8H2,1H3,(H,14,16). The maximum absolute atomic E-state index is 11.8. The zero-order valence-corrected chi connectivity index (χ0v) is 12.1. The third-order valence-corrected chi connectivity index (χ3v) is 4.31. The van der Waals surface area contributed by atoms with E-state index in [-0.39, 0.29) is 18.4 Å². The number of carbonyl (C=O) groups is 2. The second kappa shape index (κ2) is 6.16. The van der Waals surface area contributed by atoms with Gasteiger partial charge in [0.2, 0.25) is 11.8 Å². The third-order valence-electron chi connectivity index (χ3n) is 2.88. The van der Waals surface area contributed by atoms with Gasteiger partial charge in [0, 0.05) is 6.54 Å². The van der Waals surface area contributed by atoms with Gasteiger partial charge in [0.1, 0.15) is 10.9 Å². The largest absolute Gasteiger partial charge is 0.350 e. The van der Waals surface area contributed by atoms with Crippen LogP contribution in [0.2, 0.25) is 0 Å². The van der Waals surface area contributed by atoms with Gasteiger partial charge in [-0.25, -0.2) is 0 Å². The van der Waals surface area contributed by atoms with Gasteiger partial charge in [0.15, 0.2) is 0 Å². The molecule has 1 heterocycles. The molecule has 0 bridgehead atoms. The zero-order valence-electron chi connectivity index (χ0n) is 10.5. The molecule has 1 aromatic carbocycles. The van der Waals surface area contributed by atoms with Crippen LogP contribution in [0.15, 0.2) is 24.3 Å². The average molecular weight is 294 g/mol. The number of thiocarbonyl (C=S) groups is 1. The smallest absolute Gasteiger partial charge is 0.240 e. The highest BCUT2D eigenvalue weighted by atomic mass is 32.2. The first-order valence-corrected chi connectivity index (χ1v) is 7.25. The molecule has 2 rings (SSSR count). The zero-order chi connectivity index (χ0) is 13.8. The van der Waals surface area contributed by atoms with E-state index in [1.54, 1.807) is 0 Å². The van der Waals surface area contributed by atoms with Crippen molar-refractivity contribution in [3.63, 3.8) is 0 Å². The van der Waals surface area contributed by atoms with E-state index in [1.165, 1.54) is 16.7 Å². The van der Waals surface area contributed by atoms with Crippen LogP contribution in [0.1, 0.15) is 11.1 Å². The lowest BCUT2D eigenvalue weighted by molar-refractivity contribution is -0.129. The van der Waals surface area contributed by atoms with Crippen molar-refractivity contribution in [1.82, 2.24) is 10.2 Å². The number of hydrogen-bond acceptors (Lipinski definition) is 4. The van der Waals surface area contributed by atoms with E-state index in [2.05, 4.69) is 5.32 Å². The van der Waals surface area contributed by atoms with Crippen LogP contribution in [0.25, 0.3) is 0 Å². The molecule has 6 heteroatoms. The van der Waals surface area contributed by atoms with Gasteiger partial charge in [0.25, 0.3) is 0 Å². The number of amides is 2. The van der Waals surface area contributed by atoms with E-state index >= 15 is 0 Å².